The molecule has 8 heteroatoms. The fourth-order valence-corrected chi connectivity index (χ4v) is 3.97. The molecular weight excluding hydrogens is 411 g/mol. The van der Waals surface area contributed by atoms with Crippen LogP contribution in [0.2, 0.25) is 0 Å². The van der Waals surface area contributed by atoms with Gasteiger partial charge in [-0.2, -0.15) is 4.98 Å². The summed E-state index contributed by atoms with van der Waals surface area (Å²) < 4.78 is 24.5. The summed E-state index contributed by atoms with van der Waals surface area (Å²) in [5, 5.41) is 6.93. The predicted octanol–water partition coefficient (Wildman–Crippen LogP) is 4.09. The number of ether oxygens (including phenoxy) is 1. The number of piperidine rings is 1. The number of hydrogen-bond acceptors (Lipinski definition) is 5. The summed E-state index contributed by atoms with van der Waals surface area (Å²) in [5.74, 6) is 1.39. The van der Waals surface area contributed by atoms with Gasteiger partial charge in [-0.15, -0.1) is 0 Å². The molecule has 1 unspecified atom stereocenters. The van der Waals surface area contributed by atoms with E-state index in [2.05, 4.69) is 15.5 Å². The number of nitrogens with zero attached hydrogens (tertiary/aromatic N) is 3. The van der Waals surface area contributed by atoms with Crippen LogP contribution in [0.1, 0.15) is 24.3 Å². The lowest BCUT2D eigenvalue weighted by Gasteiger charge is -2.32. The van der Waals surface area contributed by atoms with Crippen LogP contribution in [-0.4, -0.2) is 47.8 Å². The van der Waals surface area contributed by atoms with E-state index in [1.165, 1.54) is 6.07 Å². The van der Waals surface area contributed by atoms with Gasteiger partial charge in [0.2, 0.25) is 11.7 Å². The van der Waals surface area contributed by atoms with Gasteiger partial charge in [0.15, 0.2) is 0 Å². The lowest BCUT2D eigenvalue weighted by Crippen LogP contribution is -2.46. The van der Waals surface area contributed by atoms with Crippen molar-refractivity contribution in [2.45, 2.75) is 25.7 Å². The average molecular weight is 439 g/mol. The van der Waals surface area contributed by atoms with Gasteiger partial charge < -0.3 is 19.5 Å². The van der Waals surface area contributed by atoms with Crippen molar-refractivity contribution >= 4 is 6.03 Å². The first kappa shape index (κ1) is 21.8. The molecule has 1 N–H and O–H groups in total. The third-order valence-electron chi connectivity index (χ3n) is 5.70. The maximum atomic E-state index is 13.9. The second kappa shape index (κ2) is 10.3. The van der Waals surface area contributed by atoms with Crippen LogP contribution in [0.25, 0.3) is 11.4 Å². The molecular formula is C24H27FN4O3. The van der Waals surface area contributed by atoms with Crippen molar-refractivity contribution in [2.24, 2.45) is 5.92 Å². The third-order valence-corrected chi connectivity index (χ3v) is 5.70. The third kappa shape index (κ3) is 5.43. The molecule has 1 saturated heterocycles. The molecule has 0 saturated carbocycles. The molecule has 0 radical (unpaired) electrons. The first-order valence-corrected chi connectivity index (χ1v) is 10.9. The molecule has 3 aromatic rings. The Morgan fingerprint density at radius 3 is 2.84 bits per heavy atom. The Kier molecular flexibility index (Phi) is 6.99. The molecule has 0 bridgehead atoms. The van der Waals surface area contributed by atoms with Crippen molar-refractivity contribution in [3.8, 4) is 17.1 Å². The minimum atomic E-state index is -0.380. The van der Waals surface area contributed by atoms with Gasteiger partial charge in [-0.3, -0.25) is 0 Å². The normalized spacial score (nSPS) is 16.1. The average Bonchev–Trinajstić information content (AvgIpc) is 3.28. The number of carbonyl (C=O) groups excluding carboxylic acids is 1. The van der Waals surface area contributed by atoms with Gasteiger partial charge in [0.1, 0.15) is 11.6 Å². The van der Waals surface area contributed by atoms with E-state index in [9.17, 15) is 9.18 Å². The fourth-order valence-electron chi connectivity index (χ4n) is 3.97. The van der Waals surface area contributed by atoms with Crippen molar-refractivity contribution in [2.75, 3.05) is 26.7 Å². The lowest BCUT2D eigenvalue weighted by molar-refractivity contribution is 0.162. The Bertz CT molecular complexity index is 1040. The van der Waals surface area contributed by atoms with E-state index in [-0.39, 0.29) is 23.6 Å². The molecule has 1 fully saturated rings. The quantitative estimate of drug-likeness (QED) is 0.601. The molecule has 2 aromatic carbocycles. The Morgan fingerprint density at radius 2 is 2.06 bits per heavy atom. The van der Waals surface area contributed by atoms with Crippen LogP contribution in [0, 0.1) is 11.7 Å². The zero-order valence-corrected chi connectivity index (χ0v) is 18.1. The lowest BCUT2D eigenvalue weighted by atomic mass is 9.95. The number of hydrogen-bond donors (Lipinski definition) is 1. The summed E-state index contributed by atoms with van der Waals surface area (Å²) >= 11 is 0. The van der Waals surface area contributed by atoms with Gasteiger partial charge in [0.25, 0.3) is 0 Å². The molecule has 32 heavy (non-hydrogen) atoms. The second-order valence-electron chi connectivity index (χ2n) is 7.98. The van der Waals surface area contributed by atoms with Crippen molar-refractivity contribution in [1.82, 2.24) is 20.4 Å². The van der Waals surface area contributed by atoms with E-state index in [1.54, 1.807) is 25.3 Å². The molecule has 168 valence electrons. The smallest absolute Gasteiger partial charge is 0.317 e. The van der Waals surface area contributed by atoms with Crippen molar-refractivity contribution in [1.29, 1.82) is 0 Å². The van der Waals surface area contributed by atoms with Crippen LogP contribution >= 0.6 is 0 Å². The highest BCUT2D eigenvalue weighted by atomic mass is 19.1. The van der Waals surface area contributed by atoms with E-state index in [4.69, 9.17) is 9.26 Å². The van der Waals surface area contributed by atoms with E-state index in [0.717, 1.165) is 37.1 Å². The molecule has 1 atom stereocenters. The largest absolute Gasteiger partial charge is 0.497 e. The zero-order valence-electron chi connectivity index (χ0n) is 18.1. The molecule has 1 aliphatic heterocycles. The SMILES string of the molecule is COc1ccc(CCNC(=O)N2CCCC(Cc3nc(-c4ccccc4F)no3)C2)cc1. The van der Waals surface area contributed by atoms with Gasteiger partial charge >= 0.3 is 6.03 Å². The van der Waals surface area contributed by atoms with E-state index in [0.29, 0.717) is 31.0 Å². The minimum Gasteiger partial charge on any atom is -0.497 e. The summed E-state index contributed by atoms with van der Waals surface area (Å²) in [6.45, 7) is 1.93. The molecule has 2 amide bonds. The van der Waals surface area contributed by atoms with Crippen molar-refractivity contribution in [3.63, 3.8) is 0 Å². The van der Waals surface area contributed by atoms with Crippen LogP contribution < -0.4 is 10.1 Å². The topological polar surface area (TPSA) is 80.5 Å². The minimum absolute atomic E-state index is 0.0548. The van der Waals surface area contributed by atoms with Gasteiger partial charge in [0.05, 0.1) is 12.7 Å². The number of urea groups is 1. The van der Waals surface area contributed by atoms with Crippen LogP contribution in [0.3, 0.4) is 0 Å². The summed E-state index contributed by atoms with van der Waals surface area (Å²) in [7, 11) is 1.64. The maximum Gasteiger partial charge on any atom is 0.317 e. The number of aromatic nitrogens is 2. The highest BCUT2D eigenvalue weighted by Crippen LogP contribution is 2.23. The van der Waals surface area contributed by atoms with Crippen LogP contribution in [-0.2, 0) is 12.8 Å². The second-order valence-corrected chi connectivity index (χ2v) is 7.98. The summed E-state index contributed by atoms with van der Waals surface area (Å²) in [6, 6.07) is 14.1. The van der Waals surface area contributed by atoms with Crippen molar-refractivity contribution < 1.29 is 18.4 Å². The zero-order chi connectivity index (χ0) is 22.3. The number of likely N-dealkylation sites (tertiary alicyclic amines) is 1. The molecule has 1 aromatic heterocycles. The van der Waals surface area contributed by atoms with Gasteiger partial charge in [0, 0.05) is 26.1 Å². The number of halogens is 1. The fraction of sp³-hybridized carbons (Fsp3) is 0.375. The van der Waals surface area contributed by atoms with E-state index in [1.807, 2.05) is 29.2 Å². The number of benzene rings is 2. The molecule has 0 spiro atoms. The Morgan fingerprint density at radius 1 is 1.25 bits per heavy atom. The number of nitrogens with one attached hydrogen (secondary N) is 1. The first-order chi connectivity index (χ1) is 15.6. The predicted molar refractivity (Wildman–Crippen MR) is 118 cm³/mol. The first-order valence-electron chi connectivity index (χ1n) is 10.9. The summed E-state index contributed by atoms with van der Waals surface area (Å²) in [5.41, 5.74) is 1.47. The van der Waals surface area contributed by atoms with E-state index < -0.39 is 0 Å². The molecule has 4 rings (SSSR count). The Labute approximate surface area is 186 Å². The summed E-state index contributed by atoms with van der Waals surface area (Å²) in [6.07, 6.45) is 3.23. The van der Waals surface area contributed by atoms with E-state index >= 15 is 0 Å². The van der Waals surface area contributed by atoms with Gasteiger partial charge in [-0.05, 0) is 55.0 Å². The molecule has 0 aliphatic carbocycles. The number of carbonyl (C=O) groups is 1. The van der Waals surface area contributed by atoms with Crippen LogP contribution in [0.5, 0.6) is 5.75 Å². The maximum absolute atomic E-state index is 13.9. The molecule has 1 aliphatic rings. The van der Waals surface area contributed by atoms with Gasteiger partial charge in [-0.1, -0.05) is 29.4 Å². The highest BCUT2D eigenvalue weighted by molar-refractivity contribution is 5.74. The Hall–Kier alpha value is -3.42. The summed E-state index contributed by atoms with van der Waals surface area (Å²) in [4.78, 5) is 18.8. The Balaban J connectivity index is 1.26. The number of rotatable bonds is 7. The number of amides is 2. The number of methoxy groups -OCH3 is 1. The van der Waals surface area contributed by atoms with Crippen LogP contribution in [0.15, 0.2) is 53.1 Å². The van der Waals surface area contributed by atoms with Gasteiger partial charge in [-0.25, -0.2) is 9.18 Å². The van der Waals surface area contributed by atoms with Crippen molar-refractivity contribution in [3.05, 3.63) is 65.8 Å². The standard InChI is InChI=1S/C24H27FN4O3/c1-31-19-10-8-17(9-11-19)12-13-26-24(30)29-14-4-5-18(16-29)15-22-27-23(28-32-22)20-6-2-3-7-21(20)25/h2-3,6-11,18H,4-5,12-16H2,1H3,(H,26,30). The molecule has 7 nitrogen and oxygen atoms in total. The van der Waals surface area contributed by atoms with Crippen LogP contribution in [0.4, 0.5) is 9.18 Å². The monoisotopic (exact) mass is 438 g/mol. The highest BCUT2D eigenvalue weighted by Gasteiger charge is 2.25. The molecule has 2 heterocycles.